The maximum atomic E-state index is 12.1. The number of piperidine rings is 1. The molecule has 2 atom stereocenters. The summed E-state index contributed by atoms with van der Waals surface area (Å²) < 4.78 is 15.1. The van der Waals surface area contributed by atoms with Crippen LogP contribution in [-0.4, -0.2) is 61.3 Å². The van der Waals surface area contributed by atoms with Gasteiger partial charge in [0, 0.05) is 44.0 Å². The van der Waals surface area contributed by atoms with Crippen LogP contribution in [0.2, 0.25) is 0 Å². The Labute approximate surface area is 230 Å². The summed E-state index contributed by atoms with van der Waals surface area (Å²) in [5.41, 5.74) is 5.37. The van der Waals surface area contributed by atoms with Crippen LogP contribution in [0.15, 0.2) is 64.1 Å². The minimum absolute atomic E-state index is 0.314. The largest absolute Gasteiger partial charge is 0.464 e. The van der Waals surface area contributed by atoms with Gasteiger partial charge < -0.3 is 19.2 Å². The number of oxazole rings is 1. The third-order valence-electron chi connectivity index (χ3n) is 7.46. The smallest absolute Gasteiger partial charge is 0.419 e. The Balaban J connectivity index is 1.43. The van der Waals surface area contributed by atoms with Crippen LogP contribution in [0.25, 0.3) is 39.1 Å². The van der Waals surface area contributed by atoms with E-state index in [1.165, 1.54) is 4.57 Å². The lowest BCUT2D eigenvalue weighted by atomic mass is 9.98. The van der Waals surface area contributed by atoms with Crippen molar-refractivity contribution in [1.82, 2.24) is 23.8 Å². The van der Waals surface area contributed by atoms with Gasteiger partial charge in [0.2, 0.25) is 0 Å². The number of imidazole rings is 1. The summed E-state index contributed by atoms with van der Waals surface area (Å²) in [5, 5.41) is 19.1. The van der Waals surface area contributed by atoms with Crippen molar-refractivity contribution < 1.29 is 14.3 Å². The van der Waals surface area contributed by atoms with Gasteiger partial charge in [-0.25, -0.2) is 9.78 Å². The van der Waals surface area contributed by atoms with Crippen molar-refractivity contribution >= 4 is 16.7 Å². The van der Waals surface area contributed by atoms with Crippen molar-refractivity contribution in [2.24, 2.45) is 13.0 Å². The Morgan fingerprint density at radius 1 is 1.23 bits per heavy atom. The van der Waals surface area contributed by atoms with Gasteiger partial charge in [-0.3, -0.25) is 8.97 Å². The molecule has 40 heavy (non-hydrogen) atoms. The predicted octanol–water partition coefficient (Wildman–Crippen LogP) is 3.85. The van der Waals surface area contributed by atoms with E-state index in [9.17, 15) is 15.2 Å². The molecule has 1 saturated heterocycles. The average molecular weight is 539 g/mol. The molecule has 4 heterocycles. The van der Waals surface area contributed by atoms with E-state index < -0.39 is 5.76 Å². The highest BCUT2D eigenvalue weighted by atomic mass is 16.5. The first-order chi connectivity index (χ1) is 19.4. The van der Waals surface area contributed by atoms with Gasteiger partial charge in [0.15, 0.2) is 11.2 Å². The lowest BCUT2D eigenvalue weighted by Crippen LogP contribution is -2.41. The van der Waals surface area contributed by atoms with Gasteiger partial charge in [-0.05, 0) is 56.1 Å². The number of β-amino-alcohol motifs (C(OH)–C–C–N with tert-alkyl or cyclic N) is 1. The molecule has 0 amide bonds. The molecule has 0 spiro atoms. The van der Waals surface area contributed by atoms with Crippen molar-refractivity contribution in [3.8, 4) is 34.5 Å². The zero-order valence-corrected chi connectivity index (χ0v) is 22.4. The van der Waals surface area contributed by atoms with Crippen molar-refractivity contribution in [3.63, 3.8) is 0 Å². The first-order valence-corrected chi connectivity index (χ1v) is 13.4. The highest BCUT2D eigenvalue weighted by Crippen LogP contribution is 2.37. The summed E-state index contributed by atoms with van der Waals surface area (Å²) in [4.78, 5) is 24.1. The number of likely N-dealkylation sites (tertiary alicyclic amines) is 1. The van der Waals surface area contributed by atoms with Crippen molar-refractivity contribution in [2.45, 2.75) is 25.9 Å². The highest BCUT2D eigenvalue weighted by molar-refractivity contribution is 5.93. The number of aliphatic hydroxyl groups is 1. The van der Waals surface area contributed by atoms with Crippen LogP contribution >= 0.6 is 0 Å². The first-order valence-electron chi connectivity index (χ1n) is 13.4. The zero-order valence-electron chi connectivity index (χ0n) is 22.4. The van der Waals surface area contributed by atoms with E-state index in [0.717, 1.165) is 42.6 Å². The van der Waals surface area contributed by atoms with E-state index >= 15 is 0 Å². The fourth-order valence-corrected chi connectivity index (χ4v) is 5.54. The highest BCUT2D eigenvalue weighted by Gasteiger charge is 2.24. The number of aromatic nitrogens is 4. The number of fused-ring (bicyclic) bond motifs is 2. The molecular weight excluding hydrogens is 508 g/mol. The van der Waals surface area contributed by atoms with Crippen LogP contribution < -0.4 is 10.5 Å². The molecule has 10 heteroatoms. The molecule has 2 aromatic carbocycles. The van der Waals surface area contributed by atoms with Crippen molar-refractivity contribution in [1.29, 1.82) is 5.26 Å². The molecule has 1 aliphatic heterocycles. The van der Waals surface area contributed by atoms with Gasteiger partial charge in [0.1, 0.15) is 0 Å². The molecule has 204 valence electrons. The van der Waals surface area contributed by atoms with Gasteiger partial charge in [-0.1, -0.05) is 18.2 Å². The van der Waals surface area contributed by atoms with Gasteiger partial charge >= 0.3 is 11.8 Å². The number of hydrogen-bond donors (Lipinski definition) is 1. The minimum atomic E-state index is -0.429. The third-order valence-corrected chi connectivity index (χ3v) is 7.46. The molecule has 0 saturated carbocycles. The number of aliphatic hydroxyl groups excluding tert-OH is 1. The van der Waals surface area contributed by atoms with E-state index in [1.54, 1.807) is 25.4 Å². The minimum Gasteiger partial charge on any atom is -0.464 e. The Morgan fingerprint density at radius 2 is 2.02 bits per heavy atom. The first kappa shape index (κ1) is 25.8. The molecule has 0 aliphatic carbocycles. The topological polar surface area (TPSA) is 122 Å². The number of nitriles is 1. The number of nitrogens with zero attached hydrogens (tertiary/aromatic N) is 6. The molecule has 1 unspecified atom stereocenters. The predicted molar refractivity (Wildman–Crippen MR) is 150 cm³/mol. The summed E-state index contributed by atoms with van der Waals surface area (Å²) in [6.45, 7) is 4.80. The Kier molecular flexibility index (Phi) is 6.84. The molecule has 5 aromatic rings. The summed E-state index contributed by atoms with van der Waals surface area (Å²) in [6.07, 6.45) is 5.28. The standard InChI is InChI=1S/C30H30N6O4/c1-19(37)16-35-12-3-4-21(17-35)18-39-29-33-27(22-7-5-20(15-31)6-8-22)26(28-32-11-13-36(28)29)23-9-10-24-25(14-23)40-30(38)34(24)2/h5-11,13-14,19,21,37H,3-4,12,16-18H2,1-2H3/t19-,21?/m0/s1. The van der Waals surface area contributed by atoms with Crippen molar-refractivity contribution in [3.05, 3.63) is 71.0 Å². The van der Waals surface area contributed by atoms with E-state index in [2.05, 4.69) is 16.0 Å². The van der Waals surface area contributed by atoms with E-state index in [4.69, 9.17) is 14.1 Å². The average Bonchev–Trinajstić information content (AvgIpc) is 3.55. The van der Waals surface area contributed by atoms with Crippen LogP contribution in [-0.2, 0) is 7.05 Å². The zero-order chi connectivity index (χ0) is 27.8. The number of aryl methyl sites for hydroxylation is 1. The summed E-state index contributed by atoms with van der Waals surface area (Å²) in [7, 11) is 1.67. The fraction of sp³-hybridized carbons (Fsp3) is 0.333. The second kappa shape index (κ2) is 10.6. The second-order valence-corrected chi connectivity index (χ2v) is 10.5. The number of hydrogen-bond acceptors (Lipinski definition) is 8. The van der Waals surface area contributed by atoms with Crippen molar-refractivity contribution in [2.75, 3.05) is 26.2 Å². The third kappa shape index (κ3) is 4.85. The SMILES string of the molecule is C[C@H](O)CN1CCCC(COc2nc(-c3ccc(C#N)cc3)c(-c3ccc4c(c3)oc(=O)n4C)c3nccn23)C1. The lowest BCUT2D eigenvalue weighted by molar-refractivity contribution is 0.0778. The Bertz CT molecular complexity index is 1780. The molecule has 3 aromatic heterocycles. The summed E-state index contributed by atoms with van der Waals surface area (Å²) in [6, 6.07) is 15.4. The number of ether oxygens (including phenoxy) is 1. The molecular formula is C30H30N6O4. The van der Waals surface area contributed by atoms with E-state index in [0.29, 0.717) is 53.1 Å². The van der Waals surface area contributed by atoms with Crippen LogP contribution in [0, 0.1) is 17.2 Å². The van der Waals surface area contributed by atoms with Crippen LogP contribution in [0.5, 0.6) is 6.01 Å². The molecule has 1 fully saturated rings. The summed E-state index contributed by atoms with van der Waals surface area (Å²) >= 11 is 0. The fourth-order valence-electron chi connectivity index (χ4n) is 5.54. The van der Waals surface area contributed by atoms with Crippen LogP contribution in [0.4, 0.5) is 0 Å². The van der Waals surface area contributed by atoms with Crippen LogP contribution in [0.3, 0.4) is 0 Å². The van der Waals surface area contributed by atoms with Gasteiger partial charge in [0.25, 0.3) is 0 Å². The quantitative estimate of drug-likeness (QED) is 0.332. The molecule has 0 bridgehead atoms. The van der Waals surface area contributed by atoms with E-state index in [-0.39, 0.29) is 6.10 Å². The molecule has 1 aliphatic rings. The number of benzene rings is 2. The van der Waals surface area contributed by atoms with Gasteiger partial charge in [0.05, 0.1) is 41.1 Å². The van der Waals surface area contributed by atoms with E-state index in [1.807, 2.05) is 47.9 Å². The lowest BCUT2D eigenvalue weighted by Gasteiger charge is -2.33. The summed E-state index contributed by atoms with van der Waals surface area (Å²) in [5.74, 6) is -0.115. The second-order valence-electron chi connectivity index (χ2n) is 10.5. The Hall–Kier alpha value is -4.46. The number of rotatable bonds is 7. The molecule has 10 nitrogen and oxygen atoms in total. The van der Waals surface area contributed by atoms with Gasteiger partial charge in [-0.2, -0.15) is 10.2 Å². The monoisotopic (exact) mass is 538 g/mol. The maximum Gasteiger partial charge on any atom is 0.419 e. The van der Waals surface area contributed by atoms with Crippen LogP contribution in [0.1, 0.15) is 25.3 Å². The molecule has 6 rings (SSSR count). The van der Waals surface area contributed by atoms with Gasteiger partial charge in [-0.15, -0.1) is 0 Å². The maximum absolute atomic E-state index is 12.1. The molecule has 0 radical (unpaired) electrons. The Morgan fingerprint density at radius 3 is 2.80 bits per heavy atom. The molecule has 1 N–H and O–H groups in total. The normalized spacial score (nSPS) is 16.8.